The largest absolute Gasteiger partial charge is 0.506 e. The molecule has 0 spiro atoms. The van der Waals surface area contributed by atoms with Crippen molar-refractivity contribution in [2.75, 3.05) is 7.11 Å². The van der Waals surface area contributed by atoms with Gasteiger partial charge in [-0.15, -0.1) is 0 Å². The molecule has 0 unspecified atom stereocenters. The lowest BCUT2D eigenvalue weighted by Gasteiger charge is -2.10. The molecule has 0 aliphatic heterocycles. The fourth-order valence-electron chi connectivity index (χ4n) is 1.46. The Hall–Kier alpha value is -2.17. The molecule has 19 heavy (non-hydrogen) atoms. The fourth-order valence-corrected chi connectivity index (χ4v) is 1.46. The highest BCUT2D eigenvalue weighted by molar-refractivity contribution is 6.22. The van der Waals surface area contributed by atoms with Gasteiger partial charge in [-0.1, -0.05) is 13.8 Å². The fraction of sp³-hybridized carbons (Fsp3) is 0.286. The van der Waals surface area contributed by atoms with E-state index in [-0.39, 0.29) is 5.56 Å². The van der Waals surface area contributed by atoms with E-state index in [0.29, 0.717) is 0 Å². The molecule has 1 rings (SSSR count). The lowest BCUT2D eigenvalue weighted by Crippen LogP contribution is -2.20. The van der Waals surface area contributed by atoms with Crippen LogP contribution in [0.5, 0.6) is 0 Å². The monoisotopic (exact) mass is 266 g/mol. The molecule has 0 aliphatic carbocycles. The van der Waals surface area contributed by atoms with E-state index in [1.807, 2.05) is 0 Å². The lowest BCUT2D eigenvalue weighted by atomic mass is 9.97. The minimum absolute atomic E-state index is 0.177. The number of benzene rings is 1. The molecule has 0 bridgehead atoms. The molecule has 0 fully saturated rings. The van der Waals surface area contributed by atoms with E-state index in [9.17, 15) is 19.1 Å². The molecule has 0 radical (unpaired) electrons. The average molecular weight is 266 g/mol. The number of esters is 1. The first-order valence-corrected chi connectivity index (χ1v) is 5.70. The number of aliphatic hydroxyl groups excluding tert-OH is 1. The van der Waals surface area contributed by atoms with E-state index in [1.165, 1.54) is 12.1 Å². The predicted octanol–water partition coefficient (Wildman–Crippen LogP) is 2.49. The first-order chi connectivity index (χ1) is 8.88. The summed E-state index contributed by atoms with van der Waals surface area (Å²) in [5, 5.41) is 10.0. The quantitative estimate of drug-likeness (QED) is 0.299. The summed E-state index contributed by atoms with van der Waals surface area (Å²) in [5.41, 5.74) is -0.250. The van der Waals surface area contributed by atoms with Gasteiger partial charge >= 0.3 is 5.97 Å². The Kier molecular flexibility index (Phi) is 4.80. The van der Waals surface area contributed by atoms with Gasteiger partial charge in [-0.2, -0.15) is 0 Å². The van der Waals surface area contributed by atoms with Crippen molar-refractivity contribution in [1.82, 2.24) is 0 Å². The van der Waals surface area contributed by atoms with Crippen LogP contribution in [0.3, 0.4) is 0 Å². The summed E-state index contributed by atoms with van der Waals surface area (Å²) >= 11 is 0. The summed E-state index contributed by atoms with van der Waals surface area (Å²) in [5.74, 6) is -2.91. The van der Waals surface area contributed by atoms with Gasteiger partial charge in [0.15, 0.2) is 5.78 Å². The van der Waals surface area contributed by atoms with Crippen LogP contribution < -0.4 is 0 Å². The second kappa shape index (κ2) is 6.13. The van der Waals surface area contributed by atoms with E-state index in [4.69, 9.17) is 0 Å². The van der Waals surface area contributed by atoms with E-state index in [0.717, 1.165) is 19.2 Å². The van der Waals surface area contributed by atoms with Gasteiger partial charge in [0.05, 0.1) is 7.11 Å². The van der Waals surface area contributed by atoms with Crippen molar-refractivity contribution in [1.29, 1.82) is 0 Å². The maximum absolute atomic E-state index is 12.8. The summed E-state index contributed by atoms with van der Waals surface area (Å²) in [4.78, 5) is 23.5. The maximum Gasteiger partial charge on any atom is 0.345 e. The van der Waals surface area contributed by atoms with E-state index >= 15 is 0 Å². The minimum Gasteiger partial charge on any atom is -0.506 e. The van der Waals surface area contributed by atoms with Gasteiger partial charge in [-0.25, -0.2) is 9.18 Å². The van der Waals surface area contributed by atoms with Gasteiger partial charge in [0.1, 0.15) is 17.1 Å². The summed E-state index contributed by atoms with van der Waals surface area (Å²) < 4.78 is 17.3. The third-order valence-corrected chi connectivity index (χ3v) is 2.51. The van der Waals surface area contributed by atoms with Crippen LogP contribution in [-0.2, 0) is 14.3 Å². The minimum atomic E-state index is -0.916. The Morgan fingerprint density at radius 2 is 1.74 bits per heavy atom. The molecule has 0 aromatic heterocycles. The number of hydrogen-bond donors (Lipinski definition) is 1. The number of methoxy groups -OCH3 is 1. The van der Waals surface area contributed by atoms with E-state index < -0.39 is 34.8 Å². The van der Waals surface area contributed by atoms with Crippen LogP contribution in [0.15, 0.2) is 29.8 Å². The van der Waals surface area contributed by atoms with Crippen molar-refractivity contribution in [2.24, 2.45) is 5.92 Å². The number of Topliss-reactive ketones (excluding diaryl/α,β-unsaturated/α-hetero) is 1. The molecule has 0 heterocycles. The number of carbonyl (C=O) groups is 2. The molecule has 1 N–H and O–H groups in total. The molecule has 0 atom stereocenters. The molecule has 1 aromatic carbocycles. The first-order valence-electron chi connectivity index (χ1n) is 5.70. The predicted molar refractivity (Wildman–Crippen MR) is 67.8 cm³/mol. The lowest BCUT2D eigenvalue weighted by molar-refractivity contribution is -0.138. The molecule has 4 nitrogen and oxygen atoms in total. The number of carbonyl (C=O) groups excluding carboxylic acids is 2. The smallest absolute Gasteiger partial charge is 0.345 e. The molecule has 102 valence electrons. The second-order valence-corrected chi connectivity index (χ2v) is 4.24. The third kappa shape index (κ3) is 3.40. The number of aliphatic hydroxyl groups is 1. The van der Waals surface area contributed by atoms with Gasteiger partial charge in [-0.3, -0.25) is 4.79 Å². The van der Waals surface area contributed by atoms with Crippen molar-refractivity contribution >= 4 is 17.5 Å². The molecule has 0 amide bonds. The number of ketones is 1. The van der Waals surface area contributed by atoms with E-state index in [1.54, 1.807) is 13.8 Å². The van der Waals surface area contributed by atoms with Crippen LogP contribution in [0, 0.1) is 11.7 Å². The topological polar surface area (TPSA) is 63.6 Å². The van der Waals surface area contributed by atoms with Crippen LogP contribution in [0.4, 0.5) is 4.39 Å². The van der Waals surface area contributed by atoms with Gasteiger partial charge in [0, 0.05) is 11.5 Å². The third-order valence-electron chi connectivity index (χ3n) is 2.51. The van der Waals surface area contributed by atoms with Gasteiger partial charge in [-0.05, 0) is 24.3 Å². The second-order valence-electron chi connectivity index (χ2n) is 4.24. The average Bonchev–Trinajstić information content (AvgIpc) is 2.39. The number of halogens is 1. The van der Waals surface area contributed by atoms with Crippen LogP contribution in [0.1, 0.15) is 19.4 Å². The molecule has 0 saturated carbocycles. The van der Waals surface area contributed by atoms with Crippen LogP contribution in [0.25, 0.3) is 5.76 Å². The van der Waals surface area contributed by atoms with Crippen LogP contribution >= 0.6 is 0 Å². The molecule has 0 aliphatic rings. The highest BCUT2D eigenvalue weighted by atomic mass is 19.1. The van der Waals surface area contributed by atoms with Crippen LogP contribution in [-0.4, -0.2) is 24.0 Å². The summed E-state index contributed by atoms with van der Waals surface area (Å²) in [6.45, 7) is 3.20. The Labute approximate surface area is 110 Å². The van der Waals surface area contributed by atoms with Crippen molar-refractivity contribution in [3.63, 3.8) is 0 Å². The van der Waals surface area contributed by atoms with Crippen molar-refractivity contribution in [3.8, 4) is 0 Å². The molecule has 1 aromatic rings. The van der Waals surface area contributed by atoms with Gasteiger partial charge < -0.3 is 9.84 Å². The Balaban J connectivity index is 3.35. The molecular formula is C14H15FO4. The van der Waals surface area contributed by atoms with Crippen molar-refractivity contribution < 1.29 is 23.8 Å². The Morgan fingerprint density at radius 1 is 1.21 bits per heavy atom. The zero-order chi connectivity index (χ0) is 14.6. The highest BCUT2D eigenvalue weighted by Gasteiger charge is 2.26. The number of ether oxygens (including phenoxy) is 1. The highest BCUT2D eigenvalue weighted by Crippen LogP contribution is 2.20. The number of rotatable bonds is 4. The number of hydrogen-bond acceptors (Lipinski definition) is 4. The normalized spacial score (nSPS) is 12.1. The summed E-state index contributed by atoms with van der Waals surface area (Å²) in [6.07, 6.45) is 0. The SMILES string of the molecule is COC(=O)/C(C(=O)C(C)C)=C(\O)c1ccc(F)cc1. The molecule has 0 saturated heterocycles. The van der Waals surface area contributed by atoms with Crippen LogP contribution in [0.2, 0.25) is 0 Å². The first kappa shape index (κ1) is 14.9. The Morgan fingerprint density at radius 3 is 2.16 bits per heavy atom. The molecule has 5 heteroatoms. The summed E-state index contributed by atoms with van der Waals surface area (Å²) in [7, 11) is 1.12. The van der Waals surface area contributed by atoms with Crippen molar-refractivity contribution in [2.45, 2.75) is 13.8 Å². The van der Waals surface area contributed by atoms with Gasteiger partial charge in [0.25, 0.3) is 0 Å². The van der Waals surface area contributed by atoms with E-state index in [2.05, 4.69) is 4.74 Å². The summed E-state index contributed by atoms with van der Waals surface area (Å²) in [6, 6.07) is 4.81. The maximum atomic E-state index is 12.8. The zero-order valence-corrected chi connectivity index (χ0v) is 10.9. The zero-order valence-electron chi connectivity index (χ0n) is 10.9. The standard InChI is InChI=1S/C14H15FO4/c1-8(2)12(16)11(14(18)19-3)13(17)9-4-6-10(15)7-5-9/h4-8,17H,1-3H3/b13-11-. The van der Waals surface area contributed by atoms with Crippen molar-refractivity contribution in [3.05, 3.63) is 41.2 Å². The molecular weight excluding hydrogens is 251 g/mol. The van der Waals surface area contributed by atoms with Gasteiger partial charge in [0.2, 0.25) is 0 Å². The Bertz CT molecular complexity index is 515.